The normalized spacial score (nSPS) is 21.2. The summed E-state index contributed by atoms with van der Waals surface area (Å²) < 4.78 is 67.7. The largest absolute Gasteiger partial charge is 0.337 e. The number of hydrogen-bond acceptors (Lipinski definition) is 5. The smallest absolute Gasteiger partial charge is 0.243 e. The summed E-state index contributed by atoms with van der Waals surface area (Å²) in [5, 5.41) is 8.89. The summed E-state index contributed by atoms with van der Waals surface area (Å²) in [4.78, 5) is 14.4. The average Bonchev–Trinajstić information content (AvgIpc) is 3.39. The molecule has 7 nitrogen and oxygen atoms in total. The van der Waals surface area contributed by atoms with Gasteiger partial charge in [0.2, 0.25) is 15.9 Å². The molecule has 4 rings (SSSR count). The maximum atomic E-state index is 13.9. The zero-order valence-electron chi connectivity index (χ0n) is 17.4. The molecule has 2 aromatic carbocycles. The Hall–Kier alpha value is -2.94. The van der Waals surface area contributed by atoms with Gasteiger partial charge >= 0.3 is 0 Å². The molecule has 174 valence electrons. The van der Waals surface area contributed by atoms with E-state index in [4.69, 9.17) is 11.0 Å². The van der Waals surface area contributed by atoms with Gasteiger partial charge in [-0.3, -0.25) is 4.79 Å². The molecule has 33 heavy (non-hydrogen) atoms. The summed E-state index contributed by atoms with van der Waals surface area (Å²) >= 11 is 0. The average molecular weight is 478 g/mol. The van der Waals surface area contributed by atoms with Crippen molar-refractivity contribution in [3.05, 3.63) is 65.0 Å². The van der Waals surface area contributed by atoms with E-state index in [2.05, 4.69) is 0 Å². The van der Waals surface area contributed by atoms with E-state index in [0.717, 1.165) is 6.07 Å². The lowest BCUT2D eigenvalue weighted by molar-refractivity contribution is -0.133. The third-order valence-electron chi connectivity index (χ3n) is 6.11. The third-order valence-corrected chi connectivity index (χ3v) is 8.04. The Morgan fingerprint density at radius 3 is 2.36 bits per heavy atom. The first kappa shape index (κ1) is 23.2. The lowest BCUT2D eigenvalue weighted by Gasteiger charge is -2.34. The van der Waals surface area contributed by atoms with Gasteiger partial charge in [-0.25, -0.2) is 21.6 Å². The SMILES string of the molecule is N#Cc1ccc(S(=O)(=O)N2CC3CC2CN3C(=O)CC(N)Cc2cc(F)c(F)cc2F)cc1. The van der Waals surface area contributed by atoms with Crippen molar-refractivity contribution in [2.75, 3.05) is 13.1 Å². The van der Waals surface area contributed by atoms with Crippen LogP contribution in [0.2, 0.25) is 0 Å². The molecule has 3 atom stereocenters. The van der Waals surface area contributed by atoms with Crippen LogP contribution in [0.15, 0.2) is 41.3 Å². The first-order chi connectivity index (χ1) is 15.6. The molecule has 2 aliphatic rings. The fourth-order valence-electron chi connectivity index (χ4n) is 4.48. The lowest BCUT2D eigenvalue weighted by Crippen LogP contribution is -2.51. The van der Waals surface area contributed by atoms with Crippen molar-refractivity contribution in [2.24, 2.45) is 5.73 Å². The summed E-state index contributed by atoms with van der Waals surface area (Å²) in [7, 11) is -3.77. The van der Waals surface area contributed by atoms with Crippen LogP contribution >= 0.6 is 0 Å². The van der Waals surface area contributed by atoms with Crippen molar-refractivity contribution < 1.29 is 26.4 Å². The monoisotopic (exact) mass is 478 g/mol. The number of carbonyl (C=O) groups excluding carboxylic acids is 1. The predicted octanol–water partition coefficient (Wildman–Crippen LogP) is 1.91. The van der Waals surface area contributed by atoms with Crippen molar-refractivity contribution in [3.63, 3.8) is 0 Å². The Labute approximate surface area is 189 Å². The summed E-state index contributed by atoms with van der Waals surface area (Å²) in [5.74, 6) is -3.71. The Bertz CT molecular complexity index is 1230. The molecule has 0 aromatic heterocycles. The minimum atomic E-state index is -3.77. The van der Waals surface area contributed by atoms with Crippen LogP contribution in [0.25, 0.3) is 0 Å². The Morgan fingerprint density at radius 1 is 1.09 bits per heavy atom. The number of nitrogens with zero attached hydrogens (tertiary/aromatic N) is 3. The number of fused-ring (bicyclic) bond motifs is 2. The minimum absolute atomic E-state index is 0.0857. The topological polar surface area (TPSA) is 107 Å². The first-order valence-corrected chi connectivity index (χ1v) is 11.7. The summed E-state index contributed by atoms with van der Waals surface area (Å²) in [5.41, 5.74) is 6.21. The summed E-state index contributed by atoms with van der Waals surface area (Å²) in [6.07, 6.45) is 0.216. The number of hydrogen-bond donors (Lipinski definition) is 1. The second kappa shape index (κ2) is 8.78. The van der Waals surface area contributed by atoms with Crippen molar-refractivity contribution in [3.8, 4) is 6.07 Å². The molecule has 0 spiro atoms. The number of benzene rings is 2. The van der Waals surface area contributed by atoms with Crippen molar-refractivity contribution >= 4 is 15.9 Å². The zero-order chi connectivity index (χ0) is 23.9. The second-order valence-corrected chi connectivity index (χ2v) is 10.2. The second-order valence-electron chi connectivity index (χ2n) is 8.33. The fourth-order valence-corrected chi connectivity index (χ4v) is 6.15. The molecule has 2 bridgehead atoms. The van der Waals surface area contributed by atoms with Crippen LogP contribution in [0.5, 0.6) is 0 Å². The molecule has 1 amide bonds. The Morgan fingerprint density at radius 2 is 1.76 bits per heavy atom. The first-order valence-electron chi connectivity index (χ1n) is 10.3. The van der Waals surface area contributed by atoms with Gasteiger partial charge in [-0.15, -0.1) is 0 Å². The highest BCUT2D eigenvalue weighted by molar-refractivity contribution is 7.89. The molecule has 11 heteroatoms. The molecule has 2 fully saturated rings. The van der Waals surface area contributed by atoms with Gasteiger partial charge in [-0.2, -0.15) is 9.57 Å². The number of piperazine rings is 1. The van der Waals surface area contributed by atoms with Gasteiger partial charge in [0.1, 0.15) is 5.82 Å². The van der Waals surface area contributed by atoms with E-state index in [1.165, 1.54) is 28.6 Å². The van der Waals surface area contributed by atoms with E-state index in [1.54, 1.807) is 4.90 Å². The quantitative estimate of drug-likeness (QED) is 0.639. The highest BCUT2D eigenvalue weighted by Crippen LogP contribution is 2.35. The van der Waals surface area contributed by atoms with Gasteiger partial charge in [0, 0.05) is 43.7 Å². The van der Waals surface area contributed by atoms with E-state index in [0.29, 0.717) is 18.1 Å². The minimum Gasteiger partial charge on any atom is -0.337 e. The van der Waals surface area contributed by atoms with Crippen molar-refractivity contribution in [1.82, 2.24) is 9.21 Å². The standard InChI is InChI=1S/C22H21F3N4O3S/c23-19-9-21(25)20(24)6-14(19)5-15(27)7-22(30)28-11-17-8-16(28)12-29(17)33(31,32)18-3-1-13(10-26)2-4-18/h1-4,6,9,15-17H,5,7-8,11-12,27H2. The number of halogens is 3. The van der Waals surface area contributed by atoms with Gasteiger partial charge in [-0.05, 0) is 48.7 Å². The van der Waals surface area contributed by atoms with Crippen LogP contribution in [0.1, 0.15) is 24.0 Å². The van der Waals surface area contributed by atoms with E-state index in [-0.39, 0.29) is 54.4 Å². The number of likely N-dealkylation sites (tertiary alicyclic amines) is 1. The van der Waals surface area contributed by atoms with E-state index in [9.17, 15) is 26.4 Å². The number of rotatable bonds is 6. The lowest BCUT2D eigenvalue weighted by atomic mass is 10.0. The molecular formula is C22H21F3N4O3S. The molecule has 2 saturated heterocycles. The molecule has 0 radical (unpaired) electrons. The Kier molecular flexibility index (Phi) is 6.18. The highest BCUT2D eigenvalue weighted by atomic mass is 32.2. The highest BCUT2D eigenvalue weighted by Gasteiger charge is 2.49. The molecule has 0 saturated carbocycles. The van der Waals surface area contributed by atoms with Crippen LogP contribution in [0.4, 0.5) is 13.2 Å². The van der Waals surface area contributed by atoms with Crippen LogP contribution < -0.4 is 5.73 Å². The molecular weight excluding hydrogens is 457 g/mol. The van der Waals surface area contributed by atoms with Gasteiger partial charge in [0.15, 0.2) is 11.6 Å². The molecule has 0 aliphatic carbocycles. The number of sulfonamides is 1. The Balaban J connectivity index is 1.38. The van der Waals surface area contributed by atoms with Crippen LogP contribution in [0.3, 0.4) is 0 Å². The third kappa shape index (κ3) is 4.46. The van der Waals surface area contributed by atoms with Crippen LogP contribution in [-0.2, 0) is 21.2 Å². The number of carbonyl (C=O) groups is 1. The van der Waals surface area contributed by atoms with Gasteiger partial charge in [0.05, 0.1) is 16.5 Å². The number of nitriles is 1. The zero-order valence-corrected chi connectivity index (χ0v) is 18.2. The van der Waals surface area contributed by atoms with Gasteiger partial charge < -0.3 is 10.6 Å². The van der Waals surface area contributed by atoms with Gasteiger partial charge in [0.25, 0.3) is 0 Å². The predicted molar refractivity (Wildman–Crippen MR) is 112 cm³/mol. The van der Waals surface area contributed by atoms with Crippen molar-refractivity contribution in [1.29, 1.82) is 5.26 Å². The molecule has 2 aliphatic heterocycles. The number of amides is 1. The van der Waals surface area contributed by atoms with E-state index in [1.807, 2.05) is 6.07 Å². The molecule has 2 N–H and O–H groups in total. The fraction of sp³-hybridized carbons (Fsp3) is 0.364. The molecule has 2 aromatic rings. The summed E-state index contributed by atoms with van der Waals surface area (Å²) in [6, 6.07) is 7.29. The van der Waals surface area contributed by atoms with Crippen molar-refractivity contribution in [2.45, 2.75) is 42.3 Å². The molecule has 3 unspecified atom stereocenters. The molecule has 2 heterocycles. The van der Waals surface area contributed by atoms with E-state index < -0.39 is 33.5 Å². The maximum Gasteiger partial charge on any atom is 0.243 e. The summed E-state index contributed by atoms with van der Waals surface area (Å²) in [6.45, 7) is 0.358. The maximum absolute atomic E-state index is 13.9. The van der Waals surface area contributed by atoms with Crippen LogP contribution in [-0.4, -0.2) is 54.7 Å². The van der Waals surface area contributed by atoms with Gasteiger partial charge in [-0.1, -0.05) is 0 Å². The van der Waals surface area contributed by atoms with E-state index >= 15 is 0 Å². The number of nitrogens with two attached hydrogens (primary N) is 1. The van der Waals surface area contributed by atoms with Crippen LogP contribution in [0, 0.1) is 28.8 Å².